The summed E-state index contributed by atoms with van der Waals surface area (Å²) in [4.78, 5) is 36.7. The zero-order chi connectivity index (χ0) is 12.6. The molecule has 1 saturated carbocycles. The lowest BCUT2D eigenvalue weighted by Gasteiger charge is -2.34. The molecule has 2 aliphatic rings. The van der Waals surface area contributed by atoms with Crippen molar-refractivity contribution in [2.75, 3.05) is 12.0 Å². The fourth-order valence-electron chi connectivity index (χ4n) is 2.08. The molecule has 0 aromatic carbocycles. The van der Waals surface area contributed by atoms with Crippen molar-refractivity contribution >= 4 is 29.6 Å². The van der Waals surface area contributed by atoms with Crippen LogP contribution in [0.1, 0.15) is 26.2 Å². The van der Waals surface area contributed by atoms with Gasteiger partial charge in [0, 0.05) is 6.04 Å². The zero-order valence-corrected chi connectivity index (χ0v) is 10.8. The van der Waals surface area contributed by atoms with Crippen LogP contribution in [0.15, 0.2) is 0 Å². The Bertz CT molecular complexity index is 379. The number of carbonyl (C=O) groups is 3. The van der Waals surface area contributed by atoms with Crippen LogP contribution in [0.25, 0.3) is 0 Å². The van der Waals surface area contributed by atoms with E-state index in [1.54, 1.807) is 11.8 Å². The highest BCUT2D eigenvalue weighted by molar-refractivity contribution is 7.98. The molecular weight excluding hydrogens is 240 g/mol. The SMILES string of the molecule is CSCCC(C)N1C(=O)NC(=O)C2(CC2)C1=O. The summed E-state index contributed by atoms with van der Waals surface area (Å²) in [6.07, 6.45) is 3.87. The van der Waals surface area contributed by atoms with Gasteiger partial charge < -0.3 is 0 Å². The van der Waals surface area contributed by atoms with Crippen molar-refractivity contribution in [1.82, 2.24) is 10.2 Å². The maximum Gasteiger partial charge on any atom is 0.331 e. The second-order valence-corrected chi connectivity index (χ2v) is 5.63. The molecule has 0 bridgehead atoms. The van der Waals surface area contributed by atoms with Crippen molar-refractivity contribution in [3.63, 3.8) is 0 Å². The lowest BCUT2D eigenvalue weighted by molar-refractivity contribution is -0.145. The van der Waals surface area contributed by atoms with Gasteiger partial charge in [-0.05, 0) is 38.2 Å². The van der Waals surface area contributed by atoms with Crippen LogP contribution in [0.3, 0.4) is 0 Å². The van der Waals surface area contributed by atoms with E-state index in [-0.39, 0.29) is 11.9 Å². The molecule has 1 saturated heterocycles. The third-order valence-electron chi connectivity index (χ3n) is 3.43. The molecule has 1 aliphatic carbocycles. The minimum atomic E-state index is -0.915. The van der Waals surface area contributed by atoms with Crippen LogP contribution >= 0.6 is 11.8 Å². The minimum Gasteiger partial charge on any atom is -0.277 e. The van der Waals surface area contributed by atoms with Crippen molar-refractivity contribution in [2.45, 2.75) is 32.2 Å². The predicted molar refractivity (Wildman–Crippen MR) is 64.5 cm³/mol. The van der Waals surface area contributed by atoms with E-state index in [0.717, 1.165) is 12.2 Å². The fraction of sp³-hybridized carbons (Fsp3) is 0.727. The number of nitrogens with zero attached hydrogens (tertiary/aromatic N) is 1. The minimum absolute atomic E-state index is 0.152. The summed E-state index contributed by atoms with van der Waals surface area (Å²) in [7, 11) is 0. The topological polar surface area (TPSA) is 66.5 Å². The van der Waals surface area contributed by atoms with E-state index in [2.05, 4.69) is 5.32 Å². The van der Waals surface area contributed by atoms with Gasteiger partial charge in [0.15, 0.2) is 0 Å². The first kappa shape index (κ1) is 12.4. The molecule has 1 aliphatic heterocycles. The van der Waals surface area contributed by atoms with Crippen molar-refractivity contribution in [3.05, 3.63) is 0 Å². The van der Waals surface area contributed by atoms with Gasteiger partial charge >= 0.3 is 6.03 Å². The fourth-order valence-corrected chi connectivity index (χ4v) is 2.66. The molecule has 2 fully saturated rings. The van der Waals surface area contributed by atoms with Crippen molar-refractivity contribution in [2.24, 2.45) is 5.41 Å². The number of urea groups is 1. The van der Waals surface area contributed by atoms with Gasteiger partial charge in [-0.1, -0.05) is 0 Å². The zero-order valence-electron chi connectivity index (χ0n) is 9.99. The highest BCUT2D eigenvalue weighted by Gasteiger charge is 2.62. The normalized spacial score (nSPS) is 23.9. The smallest absolute Gasteiger partial charge is 0.277 e. The van der Waals surface area contributed by atoms with Crippen molar-refractivity contribution in [1.29, 1.82) is 0 Å². The number of barbiturate groups is 1. The third-order valence-corrected chi connectivity index (χ3v) is 4.08. The predicted octanol–water partition coefficient (Wildman–Crippen LogP) is 0.987. The van der Waals surface area contributed by atoms with Gasteiger partial charge in [-0.3, -0.25) is 19.8 Å². The molecule has 0 aromatic rings. The molecule has 4 amide bonds. The summed E-state index contributed by atoms with van der Waals surface area (Å²) in [5.41, 5.74) is -0.915. The van der Waals surface area contributed by atoms with E-state index in [1.165, 1.54) is 4.90 Å². The third kappa shape index (κ3) is 1.94. The maximum atomic E-state index is 12.2. The lowest BCUT2D eigenvalue weighted by atomic mass is 10.0. The Kier molecular flexibility index (Phi) is 3.16. The number of hydrogen-bond acceptors (Lipinski definition) is 4. The summed E-state index contributed by atoms with van der Waals surface area (Å²) < 4.78 is 0. The van der Waals surface area contributed by atoms with Gasteiger partial charge in [-0.15, -0.1) is 0 Å². The molecule has 5 nitrogen and oxygen atoms in total. The first-order chi connectivity index (χ1) is 8.03. The van der Waals surface area contributed by atoms with Crippen LogP contribution in [-0.4, -0.2) is 40.8 Å². The largest absolute Gasteiger partial charge is 0.331 e. The van der Waals surface area contributed by atoms with Crippen LogP contribution < -0.4 is 5.32 Å². The Morgan fingerprint density at radius 3 is 2.59 bits per heavy atom. The van der Waals surface area contributed by atoms with Gasteiger partial charge in [0.1, 0.15) is 5.41 Å². The van der Waals surface area contributed by atoms with Crippen molar-refractivity contribution < 1.29 is 14.4 Å². The Labute approximate surface area is 104 Å². The summed E-state index contributed by atoms with van der Waals surface area (Å²) in [6, 6.07) is -0.716. The van der Waals surface area contributed by atoms with Crippen LogP contribution in [-0.2, 0) is 9.59 Å². The van der Waals surface area contributed by atoms with E-state index in [9.17, 15) is 14.4 Å². The van der Waals surface area contributed by atoms with Crippen LogP contribution in [0, 0.1) is 5.41 Å². The standard InChI is InChI=1S/C11H16N2O3S/c1-7(3-6-17-2)13-9(15)11(4-5-11)8(14)12-10(13)16/h7H,3-6H2,1-2H3,(H,12,14,16). The summed E-state index contributed by atoms with van der Waals surface area (Å²) in [6.45, 7) is 1.85. The second kappa shape index (κ2) is 4.33. The van der Waals surface area contributed by atoms with E-state index in [1.807, 2.05) is 13.2 Å². The van der Waals surface area contributed by atoms with Gasteiger partial charge in [-0.25, -0.2) is 4.79 Å². The molecule has 0 aromatic heterocycles. The molecule has 17 heavy (non-hydrogen) atoms. The van der Waals surface area contributed by atoms with Crippen LogP contribution in [0.4, 0.5) is 4.79 Å². The summed E-state index contributed by atoms with van der Waals surface area (Å²) >= 11 is 1.68. The molecule has 0 radical (unpaired) electrons. The van der Waals surface area contributed by atoms with Gasteiger partial charge in [-0.2, -0.15) is 11.8 Å². The average Bonchev–Trinajstić information content (AvgIpc) is 3.05. The molecule has 6 heteroatoms. The van der Waals surface area contributed by atoms with Gasteiger partial charge in [0.05, 0.1) is 0 Å². The molecule has 1 N–H and O–H groups in total. The molecule has 1 spiro atoms. The quantitative estimate of drug-likeness (QED) is 0.762. The first-order valence-corrected chi connectivity index (χ1v) is 7.10. The maximum absolute atomic E-state index is 12.2. The van der Waals surface area contributed by atoms with Crippen LogP contribution in [0.2, 0.25) is 0 Å². The number of thioether (sulfide) groups is 1. The van der Waals surface area contributed by atoms with E-state index in [4.69, 9.17) is 0 Å². The Balaban J connectivity index is 2.13. The number of carbonyl (C=O) groups excluding carboxylic acids is 3. The number of hydrogen-bond donors (Lipinski definition) is 1. The summed E-state index contributed by atoms with van der Waals surface area (Å²) in [5, 5.41) is 2.29. The molecule has 1 atom stereocenters. The lowest BCUT2D eigenvalue weighted by Crippen LogP contribution is -2.61. The Hall–Kier alpha value is -1.04. The Morgan fingerprint density at radius 1 is 1.41 bits per heavy atom. The van der Waals surface area contributed by atoms with Gasteiger partial charge in [0.2, 0.25) is 11.8 Å². The van der Waals surface area contributed by atoms with E-state index >= 15 is 0 Å². The monoisotopic (exact) mass is 256 g/mol. The van der Waals surface area contributed by atoms with Gasteiger partial charge in [0.25, 0.3) is 0 Å². The highest BCUT2D eigenvalue weighted by atomic mass is 32.2. The van der Waals surface area contributed by atoms with E-state index < -0.39 is 17.4 Å². The average molecular weight is 256 g/mol. The summed E-state index contributed by atoms with van der Waals surface area (Å²) in [5.74, 6) is 0.166. The van der Waals surface area contributed by atoms with Crippen molar-refractivity contribution in [3.8, 4) is 0 Å². The first-order valence-electron chi connectivity index (χ1n) is 5.71. The molecule has 1 heterocycles. The number of amides is 4. The van der Waals surface area contributed by atoms with Crippen LogP contribution in [0.5, 0.6) is 0 Å². The molecule has 2 rings (SSSR count). The number of rotatable bonds is 4. The second-order valence-electron chi connectivity index (χ2n) is 4.65. The highest BCUT2D eigenvalue weighted by Crippen LogP contribution is 2.49. The molecule has 94 valence electrons. The number of imide groups is 2. The Morgan fingerprint density at radius 2 is 2.06 bits per heavy atom. The number of nitrogens with one attached hydrogen (secondary N) is 1. The van der Waals surface area contributed by atoms with E-state index in [0.29, 0.717) is 12.8 Å². The molecular formula is C11H16N2O3S. The molecule has 1 unspecified atom stereocenters.